The lowest BCUT2D eigenvalue weighted by Crippen LogP contribution is -2.05. The van der Waals surface area contributed by atoms with E-state index in [2.05, 4.69) is 59.4 Å². The lowest BCUT2D eigenvalue weighted by molar-refractivity contribution is -0.129. The van der Waals surface area contributed by atoms with Gasteiger partial charge in [-0.05, 0) is 121 Å². The van der Waals surface area contributed by atoms with Crippen LogP contribution in [-0.2, 0) is 16.1 Å². The predicted molar refractivity (Wildman–Crippen MR) is 137 cm³/mol. The molecule has 0 spiro atoms. The molecule has 0 bridgehead atoms. The molecule has 0 radical (unpaired) electrons. The maximum absolute atomic E-state index is 13.4. The summed E-state index contributed by atoms with van der Waals surface area (Å²) in [5.41, 5.74) is 3.56. The van der Waals surface area contributed by atoms with Crippen LogP contribution in [0, 0.1) is 16.3 Å². The second kappa shape index (κ2) is 9.84. The molecule has 8 heteroatoms. The molecular formula is C24H15Br2FINO3. The minimum absolute atomic E-state index is 0.211. The average molecular weight is 671 g/mol. The van der Waals surface area contributed by atoms with Crippen molar-refractivity contribution < 1.29 is 18.7 Å². The van der Waals surface area contributed by atoms with E-state index in [0.29, 0.717) is 14.7 Å². The lowest BCUT2D eigenvalue weighted by atomic mass is 10.1. The highest BCUT2D eigenvalue weighted by atomic mass is 127. The Morgan fingerprint density at radius 3 is 2.56 bits per heavy atom. The Labute approximate surface area is 214 Å². The van der Waals surface area contributed by atoms with Gasteiger partial charge in [-0.3, -0.25) is 0 Å². The molecule has 32 heavy (non-hydrogen) atoms. The van der Waals surface area contributed by atoms with Gasteiger partial charge in [0.25, 0.3) is 0 Å². The number of carbonyl (C=O) groups excluding carboxylic acids is 1. The largest absolute Gasteiger partial charge is 0.487 e. The highest BCUT2D eigenvalue weighted by Crippen LogP contribution is 2.36. The molecule has 4 rings (SSSR count). The number of aliphatic imine (C=N–C) groups is 1. The Hall–Kier alpha value is -2.04. The molecule has 0 N–H and O–H groups in total. The van der Waals surface area contributed by atoms with Gasteiger partial charge in [-0.1, -0.05) is 18.2 Å². The van der Waals surface area contributed by atoms with Gasteiger partial charge in [0.15, 0.2) is 5.70 Å². The van der Waals surface area contributed by atoms with Crippen LogP contribution in [0.3, 0.4) is 0 Å². The Morgan fingerprint density at radius 1 is 1.12 bits per heavy atom. The number of esters is 1. The molecule has 1 heterocycles. The molecule has 0 aromatic heterocycles. The first-order valence-electron chi connectivity index (χ1n) is 9.45. The van der Waals surface area contributed by atoms with E-state index in [4.69, 9.17) is 9.47 Å². The molecule has 0 unspecified atom stereocenters. The van der Waals surface area contributed by atoms with Crippen LogP contribution in [-0.4, -0.2) is 11.9 Å². The van der Waals surface area contributed by atoms with Gasteiger partial charge in [0.1, 0.15) is 18.2 Å². The number of nitrogens with zero attached hydrogens (tertiary/aromatic N) is 1. The zero-order valence-corrected chi connectivity index (χ0v) is 22.0. The number of ether oxygens (including phenoxy) is 2. The van der Waals surface area contributed by atoms with Crippen LogP contribution in [0.25, 0.3) is 6.08 Å². The van der Waals surface area contributed by atoms with Crippen molar-refractivity contribution in [2.24, 2.45) is 4.99 Å². The van der Waals surface area contributed by atoms with E-state index in [1.165, 1.54) is 12.1 Å². The Morgan fingerprint density at radius 2 is 1.88 bits per heavy atom. The summed E-state index contributed by atoms with van der Waals surface area (Å²) >= 11 is 9.24. The summed E-state index contributed by atoms with van der Waals surface area (Å²) in [6, 6.07) is 15.7. The maximum Gasteiger partial charge on any atom is 0.363 e. The lowest BCUT2D eigenvalue weighted by Gasteiger charge is -2.11. The third-order valence-electron chi connectivity index (χ3n) is 4.64. The quantitative estimate of drug-likeness (QED) is 0.164. The molecule has 0 amide bonds. The number of cyclic esters (lactones) is 1. The smallest absolute Gasteiger partial charge is 0.363 e. The number of carbonyl (C=O) groups is 1. The van der Waals surface area contributed by atoms with Crippen LogP contribution in [0.4, 0.5) is 4.39 Å². The fourth-order valence-corrected chi connectivity index (χ4v) is 4.97. The molecule has 1 aliphatic heterocycles. The van der Waals surface area contributed by atoms with Crippen molar-refractivity contribution in [3.63, 3.8) is 0 Å². The number of aryl methyl sites for hydroxylation is 1. The van der Waals surface area contributed by atoms with Crippen molar-refractivity contribution in [1.29, 1.82) is 0 Å². The minimum Gasteiger partial charge on any atom is -0.487 e. The summed E-state index contributed by atoms with van der Waals surface area (Å²) in [4.78, 5) is 16.7. The minimum atomic E-state index is -0.505. The predicted octanol–water partition coefficient (Wildman–Crippen LogP) is 7.19. The van der Waals surface area contributed by atoms with Crippen LogP contribution < -0.4 is 4.74 Å². The molecular weight excluding hydrogens is 656 g/mol. The number of rotatable bonds is 5. The zero-order chi connectivity index (χ0) is 22.8. The normalized spacial score (nSPS) is 14.5. The van der Waals surface area contributed by atoms with E-state index < -0.39 is 5.97 Å². The first-order valence-corrected chi connectivity index (χ1v) is 12.1. The van der Waals surface area contributed by atoms with Gasteiger partial charge >= 0.3 is 5.97 Å². The average Bonchev–Trinajstić information content (AvgIpc) is 3.10. The Bertz CT molecular complexity index is 1270. The second-order valence-corrected chi connectivity index (χ2v) is 9.90. The van der Waals surface area contributed by atoms with Crippen LogP contribution in [0.15, 0.2) is 74.2 Å². The second-order valence-electron chi connectivity index (χ2n) is 7.03. The molecule has 1 aliphatic rings. The van der Waals surface area contributed by atoms with E-state index in [1.807, 2.05) is 37.3 Å². The first-order chi connectivity index (χ1) is 15.3. The van der Waals surface area contributed by atoms with Crippen molar-refractivity contribution >= 4 is 72.4 Å². The van der Waals surface area contributed by atoms with E-state index in [0.717, 1.165) is 25.8 Å². The van der Waals surface area contributed by atoms with Gasteiger partial charge in [0, 0.05) is 9.13 Å². The summed E-state index contributed by atoms with van der Waals surface area (Å²) in [7, 11) is 0. The number of halogens is 4. The molecule has 162 valence electrons. The molecule has 3 aromatic rings. The van der Waals surface area contributed by atoms with Crippen molar-refractivity contribution in [3.05, 3.63) is 101 Å². The summed E-state index contributed by atoms with van der Waals surface area (Å²) in [5, 5.41) is 0. The van der Waals surface area contributed by atoms with Crippen molar-refractivity contribution in [3.8, 4) is 5.75 Å². The van der Waals surface area contributed by atoms with Crippen molar-refractivity contribution in [1.82, 2.24) is 0 Å². The topological polar surface area (TPSA) is 47.9 Å². The maximum atomic E-state index is 13.4. The highest BCUT2D eigenvalue weighted by molar-refractivity contribution is 14.1. The summed E-state index contributed by atoms with van der Waals surface area (Å²) in [6.07, 6.45) is 1.65. The fourth-order valence-electron chi connectivity index (χ4n) is 3.00. The summed E-state index contributed by atoms with van der Waals surface area (Å²) in [5.74, 6) is 0.0420. The monoisotopic (exact) mass is 669 g/mol. The van der Waals surface area contributed by atoms with Gasteiger partial charge in [-0.25, -0.2) is 14.2 Å². The fraction of sp³-hybridized carbons (Fsp3) is 0.0833. The van der Waals surface area contributed by atoms with Crippen LogP contribution in [0.1, 0.15) is 22.3 Å². The number of benzene rings is 3. The van der Waals surface area contributed by atoms with E-state index in [-0.39, 0.29) is 24.0 Å². The highest BCUT2D eigenvalue weighted by Gasteiger charge is 2.24. The first kappa shape index (κ1) is 23.1. The van der Waals surface area contributed by atoms with Crippen molar-refractivity contribution in [2.75, 3.05) is 0 Å². The SMILES string of the molecule is Cc1ccc(C2=NC(=Cc3cc(Br)c(OCc4cccc(F)c4)c(Br)c3)C(=O)O2)cc1I. The third-order valence-corrected chi connectivity index (χ3v) is 6.98. The Balaban J connectivity index is 1.56. The molecule has 3 aromatic carbocycles. The van der Waals surface area contributed by atoms with Gasteiger partial charge in [0.05, 0.1) is 8.95 Å². The van der Waals surface area contributed by atoms with Gasteiger partial charge in [0.2, 0.25) is 5.90 Å². The third kappa shape index (κ3) is 5.29. The number of hydrogen-bond acceptors (Lipinski definition) is 4. The van der Waals surface area contributed by atoms with Crippen LogP contribution in [0.5, 0.6) is 5.75 Å². The molecule has 0 aliphatic carbocycles. The summed E-state index contributed by atoms with van der Waals surface area (Å²) in [6.45, 7) is 2.23. The number of hydrogen-bond donors (Lipinski definition) is 0. The standard InChI is InChI=1S/C24H15Br2FINO3/c1-13-5-6-16(11-20(13)28)23-29-21(24(30)32-23)10-15-8-18(25)22(19(26)9-15)31-12-14-3-2-4-17(27)7-14/h2-11H,12H2,1H3. The summed E-state index contributed by atoms with van der Waals surface area (Å²) < 4.78 is 27.0. The molecule has 0 atom stereocenters. The molecule has 0 fully saturated rings. The van der Waals surface area contributed by atoms with Gasteiger partial charge in [-0.2, -0.15) is 0 Å². The zero-order valence-electron chi connectivity index (χ0n) is 16.7. The molecule has 0 saturated carbocycles. The van der Waals surface area contributed by atoms with Gasteiger partial charge < -0.3 is 9.47 Å². The van der Waals surface area contributed by atoms with Crippen LogP contribution >= 0.6 is 54.5 Å². The van der Waals surface area contributed by atoms with Crippen LogP contribution in [0.2, 0.25) is 0 Å². The van der Waals surface area contributed by atoms with Crippen molar-refractivity contribution in [2.45, 2.75) is 13.5 Å². The van der Waals surface area contributed by atoms with Gasteiger partial charge in [-0.15, -0.1) is 0 Å². The molecule has 4 nitrogen and oxygen atoms in total. The molecule has 0 saturated heterocycles. The Kier molecular flexibility index (Phi) is 7.11. The van der Waals surface area contributed by atoms with E-state index >= 15 is 0 Å². The van der Waals surface area contributed by atoms with E-state index in [1.54, 1.807) is 18.2 Å². The van der Waals surface area contributed by atoms with E-state index in [9.17, 15) is 9.18 Å².